The van der Waals surface area contributed by atoms with Crippen LogP contribution in [0.1, 0.15) is 19.4 Å². The Morgan fingerprint density at radius 1 is 1.13 bits per heavy atom. The van der Waals surface area contributed by atoms with Gasteiger partial charge in [-0.15, -0.1) is 0 Å². The SMILES string of the molecule is CSC[C@@H](C)C(=O)Nc1cc(CNC(=O)[C@@H](C)CSC)ccn1. The highest BCUT2D eigenvalue weighted by molar-refractivity contribution is 7.98. The van der Waals surface area contributed by atoms with E-state index in [0.29, 0.717) is 12.4 Å². The Morgan fingerprint density at radius 2 is 1.74 bits per heavy atom. The van der Waals surface area contributed by atoms with Gasteiger partial charge in [0.05, 0.1) is 0 Å². The van der Waals surface area contributed by atoms with Gasteiger partial charge in [-0.25, -0.2) is 4.98 Å². The van der Waals surface area contributed by atoms with Crippen LogP contribution in [-0.4, -0.2) is 40.8 Å². The molecule has 5 nitrogen and oxygen atoms in total. The van der Waals surface area contributed by atoms with Gasteiger partial charge in [-0.1, -0.05) is 13.8 Å². The first-order valence-electron chi connectivity index (χ1n) is 7.49. The number of hydrogen-bond acceptors (Lipinski definition) is 5. The summed E-state index contributed by atoms with van der Waals surface area (Å²) in [6.07, 6.45) is 5.60. The second-order valence-corrected chi connectivity index (χ2v) is 7.29. The van der Waals surface area contributed by atoms with Crippen molar-refractivity contribution in [3.05, 3.63) is 23.9 Å². The fourth-order valence-corrected chi connectivity index (χ4v) is 3.22. The zero-order valence-corrected chi connectivity index (χ0v) is 15.7. The molecule has 0 bridgehead atoms. The Bertz CT molecular complexity index is 526. The number of thioether (sulfide) groups is 2. The van der Waals surface area contributed by atoms with Crippen molar-refractivity contribution in [1.82, 2.24) is 10.3 Å². The minimum atomic E-state index is -0.0671. The molecule has 1 rings (SSSR count). The van der Waals surface area contributed by atoms with E-state index in [1.165, 1.54) is 0 Å². The molecule has 23 heavy (non-hydrogen) atoms. The molecule has 1 aromatic heterocycles. The van der Waals surface area contributed by atoms with Crippen LogP contribution in [0.5, 0.6) is 0 Å². The number of carbonyl (C=O) groups is 2. The highest BCUT2D eigenvalue weighted by Crippen LogP contribution is 2.11. The van der Waals surface area contributed by atoms with E-state index in [4.69, 9.17) is 0 Å². The lowest BCUT2D eigenvalue weighted by atomic mass is 10.2. The van der Waals surface area contributed by atoms with Crippen LogP contribution in [-0.2, 0) is 16.1 Å². The number of anilines is 1. The largest absolute Gasteiger partial charge is 0.352 e. The van der Waals surface area contributed by atoms with Gasteiger partial charge in [0, 0.05) is 36.1 Å². The first kappa shape index (κ1) is 19.8. The lowest BCUT2D eigenvalue weighted by Gasteiger charge is -2.13. The third kappa shape index (κ3) is 7.26. The normalized spacial score (nSPS) is 13.2. The zero-order chi connectivity index (χ0) is 17.2. The van der Waals surface area contributed by atoms with E-state index in [1.807, 2.05) is 32.4 Å². The van der Waals surface area contributed by atoms with Crippen molar-refractivity contribution in [2.75, 3.05) is 29.3 Å². The van der Waals surface area contributed by atoms with Crippen LogP contribution in [0.25, 0.3) is 0 Å². The van der Waals surface area contributed by atoms with E-state index in [1.54, 1.807) is 35.8 Å². The van der Waals surface area contributed by atoms with Gasteiger partial charge in [0.15, 0.2) is 0 Å². The fraction of sp³-hybridized carbons (Fsp3) is 0.562. The number of amides is 2. The molecule has 0 aliphatic heterocycles. The van der Waals surface area contributed by atoms with Crippen molar-refractivity contribution in [1.29, 1.82) is 0 Å². The molecule has 0 unspecified atom stereocenters. The van der Waals surface area contributed by atoms with Gasteiger partial charge < -0.3 is 10.6 Å². The van der Waals surface area contributed by atoms with E-state index >= 15 is 0 Å². The van der Waals surface area contributed by atoms with Gasteiger partial charge in [0.2, 0.25) is 11.8 Å². The predicted molar refractivity (Wildman–Crippen MR) is 99.8 cm³/mol. The third-order valence-corrected chi connectivity index (χ3v) is 4.94. The van der Waals surface area contributed by atoms with E-state index in [9.17, 15) is 9.59 Å². The number of pyridine rings is 1. The highest BCUT2D eigenvalue weighted by Gasteiger charge is 2.14. The summed E-state index contributed by atoms with van der Waals surface area (Å²) in [4.78, 5) is 28.1. The van der Waals surface area contributed by atoms with Gasteiger partial charge in [0.1, 0.15) is 5.82 Å². The standard InChI is InChI=1S/C16H25N3O2S2/c1-11(9-22-3)15(20)18-8-13-5-6-17-14(7-13)19-16(21)12(2)10-23-4/h5-7,11-12H,8-10H2,1-4H3,(H,18,20)(H,17,19,21)/t11-,12+/m0/s1. The molecule has 2 N–H and O–H groups in total. The molecule has 0 aliphatic rings. The number of nitrogens with one attached hydrogen (secondary N) is 2. The average Bonchev–Trinajstić information content (AvgIpc) is 2.53. The first-order chi connectivity index (χ1) is 11.0. The molecule has 7 heteroatoms. The Morgan fingerprint density at radius 3 is 2.35 bits per heavy atom. The minimum absolute atomic E-state index is 0.0154. The summed E-state index contributed by atoms with van der Waals surface area (Å²) in [5.74, 6) is 2.01. The monoisotopic (exact) mass is 355 g/mol. The smallest absolute Gasteiger partial charge is 0.229 e. The van der Waals surface area contributed by atoms with E-state index in [2.05, 4.69) is 15.6 Å². The van der Waals surface area contributed by atoms with Crippen LogP contribution in [0.15, 0.2) is 18.3 Å². The molecule has 1 aromatic rings. The van der Waals surface area contributed by atoms with Crippen molar-refractivity contribution in [2.45, 2.75) is 20.4 Å². The maximum absolute atomic E-state index is 12.0. The molecule has 128 valence electrons. The molecule has 0 aromatic carbocycles. The van der Waals surface area contributed by atoms with E-state index < -0.39 is 0 Å². The van der Waals surface area contributed by atoms with Crippen molar-refractivity contribution >= 4 is 41.2 Å². The third-order valence-electron chi connectivity index (χ3n) is 3.27. The number of rotatable bonds is 9. The maximum Gasteiger partial charge on any atom is 0.229 e. The summed E-state index contributed by atoms with van der Waals surface area (Å²) in [7, 11) is 0. The number of nitrogens with zero attached hydrogens (tertiary/aromatic N) is 1. The van der Waals surface area contributed by atoms with Crippen LogP contribution in [0.3, 0.4) is 0 Å². The Kier molecular flexibility index (Phi) is 9.09. The quantitative estimate of drug-likeness (QED) is 0.712. The lowest BCUT2D eigenvalue weighted by Crippen LogP contribution is -2.30. The first-order valence-corrected chi connectivity index (χ1v) is 10.3. The average molecular weight is 356 g/mol. The molecular formula is C16H25N3O2S2. The molecule has 0 radical (unpaired) electrons. The summed E-state index contributed by atoms with van der Waals surface area (Å²) in [6.45, 7) is 4.24. The van der Waals surface area contributed by atoms with Crippen molar-refractivity contribution in [2.24, 2.45) is 11.8 Å². The van der Waals surface area contributed by atoms with E-state index in [0.717, 1.165) is 17.1 Å². The Balaban J connectivity index is 2.56. The van der Waals surface area contributed by atoms with Gasteiger partial charge in [-0.3, -0.25) is 9.59 Å². The molecule has 2 amide bonds. The van der Waals surface area contributed by atoms with Crippen molar-refractivity contribution in [3.63, 3.8) is 0 Å². The molecule has 0 fully saturated rings. The van der Waals surface area contributed by atoms with Crippen molar-refractivity contribution < 1.29 is 9.59 Å². The van der Waals surface area contributed by atoms with Crippen LogP contribution < -0.4 is 10.6 Å². The second-order valence-electron chi connectivity index (χ2n) is 5.47. The van der Waals surface area contributed by atoms with Crippen LogP contribution in [0.2, 0.25) is 0 Å². The Labute approximate surface area is 146 Å². The number of aromatic nitrogens is 1. The molecule has 0 spiro atoms. The highest BCUT2D eigenvalue weighted by atomic mass is 32.2. The van der Waals surface area contributed by atoms with E-state index in [-0.39, 0.29) is 23.7 Å². The second kappa shape index (κ2) is 10.5. The zero-order valence-electron chi connectivity index (χ0n) is 14.1. The molecule has 0 saturated carbocycles. The Hall–Kier alpha value is -1.21. The molecule has 2 atom stereocenters. The number of hydrogen-bond donors (Lipinski definition) is 2. The van der Waals surface area contributed by atoms with Gasteiger partial charge >= 0.3 is 0 Å². The fourth-order valence-electron chi connectivity index (χ4n) is 1.92. The van der Waals surface area contributed by atoms with Gasteiger partial charge in [-0.2, -0.15) is 23.5 Å². The summed E-state index contributed by atoms with van der Waals surface area (Å²) < 4.78 is 0. The summed E-state index contributed by atoms with van der Waals surface area (Å²) in [5.41, 5.74) is 0.914. The van der Waals surface area contributed by atoms with Crippen LogP contribution >= 0.6 is 23.5 Å². The molecule has 0 saturated heterocycles. The molecule has 0 aliphatic carbocycles. The van der Waals surface area contributed by atoms with Gasteiger partial charge in [-0.05, 0) is 30.2 Å². The van der Waals surface area contributed by atoms with Crippen molar-refractivity contribution in [3.8, 4) is 0 Å². The van der Waals surface area contributed by atoms with Crippen LogP contribution in [0.4, 0.5) is 5.82 Å². The summed E-state index contributed by atoms with van der Waals surface area (Å²) in [6, 6.07) is 3.63. The topological polar surface area (TPSA) is 71.1 Å². The summed E-state index contributed by atoms with van der Waals surface area (Å²) >= 11 is 3.29. The maximum atomic E-state index is 12.0. The minimum Gasteiger partial charge on any atom is -0.352 e. The molecule has 1 heterocycles. The van der Waals surface area contributed by atoms with Gasteiger partial charge in [0.25, 0.3) is 0 Å². The summed E-state index contributed by atoms with van der Waals surface area (Å²) in [5, 5.41) is 5.73. The predicted octanol–water partition coefficient (Wildman–Crippen LogP) is 2.63. The van der Waals surface area contributed by atoms with Crippen LogP contribution in [0, 0.1) is 11.8 Å². The lowest BCUT2D eigenvalue weighted by molar-refractivity contribution is -0.124. The number of carbonyl (C=O) groups excluding carboxylic acids is 2. The molecular weight excluding hydrogens is 330 g/mol.